The third kappa shape index (κ3) is 2.37. The van der Waals surface area contributed by atoms with E-state index in [-0.39, 0.29) is 0 Å². The molecule has 0 amide bonds. The van der Waals surface area contributed by atoms with Crippen molar-refractivity contribution >= 4 is 11.6 Å². The Bertz CT molecular complexity index is 101. The van der Waals surface area contributed by atoms with E-state index < -0.39 is 0 Å². The zero-order valence-corrected chi connectivity index (χ0v) is 6.16. The summed E-state index contributed by atoms with van der Waals surface area (Å²) in [6.07, 6.45) is 4.24. The summed E-state index contributed by atoms with van der Waals surface area (Å²) in [7, 11) is 0. The Balaban J connectivity index is 2.30. The number of halogens is 1. The molecule has 1 aliphatic rings. The molecule has 1 saturated heterocycles. The van der Waals surface area contributed by atoms with Gasteiger partial charge in [-0.25, -0.2) is 0 Å². The molecule has 0 spiro atoms. The lowest BCUT2D eigenvalue weighted by molar-refractivity contribution is 0.119. The minimum Gasteiger partial charge on any atom is -0.381 e. The minimum absolute atomic E-state index is 0.648. The summed E-state index contributed by atoms with van der Waals surface area (Å²) in [5, 5.41) is 0. The largest absolute Gasteiger partial charge is 0.381 e. The van der Waals surface area contributed by atoms with Crippen molar-refractivity contribution in [3.63, 3.8) is 0 Å². The lowest BCUT2D eigenvalue weighted by Crippen LogP contribution is -2.07. The summed E-state index contributed by atoms with van der Waals surface area (Å²) in [5.41, 5.74) is 1.45. The molecule has 1 fully saturated rings. The fraction of sp³-hybridized carbons (Fsp3) is 0.714. The van der Waals surface area contributed by atoms with E-state index in [1.807, 2.05) is 0 Å². The van der Waals surface area contributed by atoms with Crippen LogP contribution >= 0.6 is 11.6 Å². The number of ether oxygens (including phenoxy) is 1. The molecule has 0 N–H and O–H groups in total. The van der Waals surface area contributed by atoms with Gasteiger partial charge in [0.15, 0.2) is 0 Å². The van der Waals surface area contributed by atoms with Gasteiger partial charge in [0, 0.05) is 5.88 Å². The van der Waals surface area contributed by atoms with Crippen LogP contribution in [0.25, 0.3) is 0 Å². The van der Waals surface area contributed by atoms with Gasteiger partial charge in [0.2, 0.25) is 0 Å². The van der Waals surface area contributed by atoms with E-state index in [0.717, 1.165) is 26.1 Å². The lowest BCUT2D eigenvalue weighted by atomic mass is 10.1. The lowest BCUT2D eigenvalue weighted by Gasteiger charge is -2.13. The molecule has 0 radical (unpaired) electrons. The molecule has 0 aromatic rings. The Labute approximate surface area is 60.7 Å². The highest BCUT2D eigenvalue weighted by molar-refractivity contribution is 6.18. The van der Waals surface area contributed by atoms with Crippen LogP contribution < -0.4 is 0 Å². The zero-order chi connectivity index (χ0) is 6.53. The van der Waals surface area contributed by atoms with Gasteiger partial charge in [-0.05, 0) is 12.8 Å². The van der Waals surface area contributed by atoms with Crippen LogP contribution in [0.15, 0.2) is 11.6 Å². The van der Waals surface area contributed by atoms with E-state index in [1.54, 1.807) is 0 Å². The van der Waals surface area contributed by atoms with Crippen molar-refractivity contribution in [3.05, 3.63) is 11.6 Å². The van der Waals surface area contributed by atoms with Crippen LogP contribution in [0.3, 0.4) is 0 Å². The molecule has 52 valence electrons. The van der Waals surface area contributed by atoms with E-state index in [1.165, 1.54) is 5.57 Å². The fourth-order valence-corrected chi connectivity index (χ4v) is 1.17. The summed E-state index contributed by atoms with van der Waals surface area (Å²) in [6.45, 7) is 1.76. The number of allylic oxidation sites excluding steroid dienone is 1. The molecule has 2 heteroatoms. The smallest absolute Gasteiger partial charge is 0.0503 e. The summed E-state index contributed by atoms with van der Waals surface area (Å²) in [5.74, 6) is 0.648. The Morgan fingerprint density at radius 2 is 2.11 bits per heavy atom. The third-order valence-electron chi connectivity index (χ3n) is 1.50. The normalized spacial score (nSPS) is 19.9. The second-order valence-corrected chi connectivity index (χ2v) is 2.44. The Morgan fingerprint density at radius 3 is 2.67 bits per heavy atom. The molecule has 0 unspecified atom stereocenters. The first-order valence-electron chi connectivity index (χ1n) is 3.25. The summed E-state index contributed by atoms with van der Waals surface area (Å²) in [4.78, 5) is 0. The Hall–Kier alpha value is -0.0100. The van der Waals surface area contributed by atoms with Gasteiger partial charge >= 0.3 is 0 Å². The molecule has 0 bridgehead atoms. The first-order chi connectivity index (χ1) is 4.43. The monoisotopic (exact) mass is 146 g/mol. The quantitative estimate of drug-likeness (QED) is 0.406. The van der Waals surface area contributed by atoms with Crippen molar-refractivity contribution in [1.82, 2.24) is 0 Å². The van der Waals surface area contributed by atoms with Crippen molar-refractivity contribution in [2.24, 2.45) is 0 Å². The van der Waals surface area contributed by atoms with Gasteiger partial charge in [-0.2, -0.15) is 0 Å². The molecular formula is C7H11ClO. The summed E-state index contributed by atoms with van der Waals surface area (Å²) in [6, 6.07) is 0. The molecule has 0 saturated carbocycles. The Kier molecular flexibility index (Phi) is 3.09. The highest BCUT2D eigenvalue weighted by Crippen LogP contribution is 2.12. The molecule has 1 heterocycles. The maximum Gasteiger partial charge on any atom is 0.0503 e. The molecule has 1 nitrogen and oxygen atoms in total. The molecule has 0 aromatic heterocycles. The number of alkyl halides is 1. The molecule has 1 aliphatic heterocycles. The zero-order valence-electron chi connectivity index (χ0n) is 5.40. The minimum atomic E-state index is 0.648. The molecule has 0 aromatic carbocycles. The van der Waals surface area contributed by atoms with Gasteiger partial charge in [-0.3, -0.25) is 0 Å². The highest BCUT2D eigenvalue weighted by Gasteiger charge is 2.03. The van der Waals surface area contributed by atoms with Gasteiger partial charge in [0.05, 0.1) is 13.2 Å². The van der Waals surface area contributed by atoms with E-state index in [0.29, 0.717) is 5.88 Å². The van der Waals surface area contributed by atoms with Gasteiger partial charge in [0.25, 0.3) is 0 Å². The van der Waals surface area contributed by atoms with Crippen LogP contribution in [-0.4, -0.2) is 19.1 Å². The third-order valence-corrected chi connectivity index (χ3v) is 1.66. The summed E-state index contributed by atoms with van der Waals surface area (Å²) < 4.78 is 5.16. The molecule has 9 heavy (non-hydrogen) atoms. The van der Waals surface area contributed by atoms with Crippen molar-refractivity contribution in [1.29, 1.82) is 0 Å². The van der Waals surface area contributed by atoms with E-state index in [4.69, 9.17) is 16.3 Å². The van der Waals surface area contributed by atoms with Crippen LogP contribution in [0, 0.1) is 0 Å². The van der Waals surface area contributed by atoms with Gasteiger partial charge in [-0.15, -0.1) is 11.6 Å². The second-order valence-electron chi connectivity index (χ2n) is 2.13. The first kappa shape index (κ1) is 7.10. The number of hydrogen-bond donors (Lipinski definition) is 0. The number of rotatable bonds is 1. The van der Waals surface area contributed by atoms with Crippen molar-refractivity contribution < 1.29 is 4.74 Å². The molecule has 1 rings (SSSR count). The van der Waals surface area contributed by atoms with Crippen LogP contribution in [-0.2, 0) is 4.74 Å². The molecule has 0 aliphatic carbocycles. The Morgan fingerprint density at radius 1 is 1.44 bits per heavy atom. The fourth-order valence-electron chi connectivity index (χ4n) is 0.947. The maximum atomic E-state index is 5.52. The van der Waals surface area contributed by atoms with Crippen molar-refractivity contribution in [2.45, 2.75) is 12.8 Å². The number of hydrogen-bond acceptors (Lipinski definition) is 1. The van der Waals surface area contributed by atoms with Crippen LogP contribution in [0.4, 0.5) is 0 Å². The first-order valence-corrected chi connectivity index (χ1v) is 3.78. The molecular weight excluding hydrogens is 136 g/mol. The van der Waals surface area contributed by atoms with Gasteiger partial charge in [0.1, 0.15) is 0 Å². The maximum absolute atomic E-state index is 5.52. The van der Waals surface area contributed by atoms with Crippen molar-refractivity contribution in [2.75, 3.05) is 19.1 Å². The van der Waals surface area contributed by atoms with Crippen LogP contribution in [0.1, 0.15) is 12.8 Å². The van der Waals surface area contributed by atoms with E-state index in [2.05, 4.69) is 6.08 Å². The molecule has 0 atom stereocenters. The van der Waals surface area contributed by atoms with E-state index >= 15 is 0 Å². The predicted molar refractivity (Wildman–Crippen MR) is 38.9 cm³/mol. The summed E-state index contributed by atoms with van der Waals surface area (Å²) >= 11 is 5.52. The average molecular weight is 147 g/mol. The standard InChI is InChI=1S/C7H11ClO/c8-4-1-7-2-5-9-6-3-7/h1H,2-6H2. The van der Waals surface area contributed by atoms with Crippen LogP contribution in [0.2, 0.25) is 0 Å². The van der Waals surface area contributed by atoms with Gasteiger partial charge in [-0.1, -0.05) is 11.6 Å². The van der Waals surface area contributed by atoms with Crippen LogP contribution in [0.5, 0.6) is 0 Å². The van der Waals surface area contributed by atoms with E-state index in [9.17, 15) is 0 Å². The predicted octanol–water partition coefficient (Wildman–Crippen LogP) is 1.96. The van der Waals surface area contributed by atoms with Gasteiger partial charge < -0.3 is 4.74 Å². The SMILES string of the molecule is ClCC=C1CCOCC1. The second kappa shape index (κ2) is 3.91. The average Bonchev–Trinajstić information content (AvgIpc) is 1.91. The highest BCUT2D eigenvalue weighted by atomic mass is 35.5. The van der Waals surface area contributed by atoms with Crippen molar-refractivity contribution in [3.8, 4) is 0 Å². The topological polar surface area (TPSA) is 9.23 Å².